The summed E-state index contributed by atoms with van der Waals surface area (Å²) < 4.78 is 69.6. The highest BCUT2D eigenvalue weighted by molar-refractivity contribution is 7.99. The van der Waals surface area contributed by atoms with Gasteiger partial charge in [-0.2, -0.15) is 20.5 Å². The molecule has 2 unspecified atom stereocenters. The highest BCUT2D eigenvalue weighted by Crippen LogP contribution is 2.38. The lowest BCUT2D eigenvalue weighted by atomic mass is 10.0. The minimum atomic E-state index is -3.70. The van der Waals surface area contributed by atoms with E-state index in [1.165, 1.54) is 25.0 Å². The minimum Gasteiger partial charge on any atom is -0.431 e. The van der Waals surface area contributed by atoms with Crippen LogP contribution < -0.4 is 10.1 Å². The van der Waals surface area contributed by atoms with Gasteiger partial charge in [-0.1, -0.05) is 32.9 Å². The van der Waals surface area contributed by atoms with E-state index >= 15 is 8.78 Å². The molecule has 0 saturated heterocycles. The van der Waals surface area contributed by atoms with Gasteiger partial charge in [-0.25, -0.2) is 8.78 Å². The van der Waals surface area contributed by atoms with Crippen molar-refractivity contribution in [3.8, 4) is 5.75 Å². The number of ether oxygens (including phenoxy) is 1. The van der Waals surface area contributed by atoms with Gasteiger partial charge in [0.05, 0.1) is 6.61 Å². The Labute approximate surface area is 217 Å². The molecule has 2 aromatic carbocycles. The first kappa shape index (κ1) is 29.0. The van der Waals surface area contributed by atoms with Crippen molar-refractivity contribution in [2.75, 3.05) is 18.1 Å². The van der Waals surface area contributed by atoms with E-state index in [2.05, 4.69) is 39.2 Å². The number of rotatable bonds is 13. The molecule has 1 aliphatic carbocycles. The Hall–Kier alpha value is -1.55. The van der Waals surface area contributed by atoms with E-state index in [0.29, 0.717) is 11.7 Å². The smallest absolute Gasteiger partial charge is 0.417 e. The Kier molecular flexibility index (Phi) is 9.57. The molecule has 0 aromatic heterocycles. The molecule has 0 heterocycles. The fourth-order valence-electron chi connectivity index (χ4n) is 3.33. The van der Waals surface area contributed by atoms with Crippen LogP contribution >= 0.6 is 11.8 Å². The van der Waals surface area contributed by atoms with E-state index in [4.69, 9.17) is 9.16 Å². The van der Waals surface area contributed by atoms with Crippen molar-refractivity contribution in [2.24, 2.45) is 5.92 Å². The lowest BCUT2D eigenvalue weighted by Gasteiger charge is -2.38. The minimum absolute atomic E-state index is 0.0231. The molecule has 3 rings (SSSR count). The fourth-order valence-corrected chi connectivity index (χ4v) is 5.66. The summed E-state index contributed by atoms with van der Waals surface area (Å²) in [6.45, 7) is 10.9. The van der Waals surface area contributed by atoms with Gasteiger partial charge in [0.1, 0.15) is 23.4 Å². The van der Waals surface area contributed by atoms with Gasteiger partial charge >= 0.3 is 6.11 Å². The number of benzene rings is 2. The van der Waals surface area contributed by atoms with Crippen molar-refractivity contribution in [1.29, 1.82) is 0 Å². The average molecular weight is 544 g/mol. The normalized spacial score (nSPS) is 16.6. The zero-order chi connectivity index (χ0) is 26.6. The molecule has 0 radical (unpaired) electrons. The molecular weight excluding hydrogens is 506 g/mol. The predicted molar refractivity (Wildman–Crippen MR) is 141 cm³/mol. The molecular formula is C27H37F4NO2SSi. The van der Waals surface area contributed by atoms with Gasteiger partial charge in [-0.15, -0.1) is 0 Å². The summed E-state index contributed by atoms with van der Waals surface area (Å²) in [4.78, 5) is 0. The largest absolute Gasteiger partial charge is 0.431 e. The molecule has 36 heavy (non-hydrogen) atoms. The van der Waals surface area contributed by atoms with Gasteiger partial charge in [0.2, 0.25) is 0 Å². The SMILES string of the molecule is CC(C)(C)[Si](C)(C)OCC(CSCC1CC1)NC(c1ccc(F)cc1)C(F)(F)Oc1ccc(F)cc1. The summed E-state index contributed by atoms with van der Waals surface area (Å²) in [5.41, 5.74) is 0.188. The summed E-state index contributed by atoms with van der Waals surface area (Å²) in [6.07, 6.45) is -1.27. The Morgan fingerprint density at radius 3 is 2.06 bits per heavy atom. The molecule has 0 amide bonds. The van der Waals surface area contributed by atoms with Crippen LogP contribution in [-0.2, 0) is 4.43 Å². The molecule has 0 aliphatic heterocycles. The van der Waals surface area contributed by atoms with Crippen molar-refractivity contribution in [1.82, 2.24) is 5.32 Å². The molecule has 0 spiro atoms. The third-order valence-corrected chi connectivity index (χ3v) is 12.7. The summed E-state index contributed by atoms with van der Waals surface area (Å²) in [5, 5.41) is 3.06. The van der Waals surface area contributed by atoms with Gasteiger partial charge in [0.15, 0.2) is 8.32 Å². The molecule has 3 nitrogen and oxygen atoms in total. The summed E-state index contributed by atoms with van der Waals surface area (Å²) in [7, 11) is -2.12. The molecule has 2 atom stereocenters. The van der Waals surface area contributed by atoms with Crippen LogP contribution in [-0.4, -0.2) is 38.6 Å². The first-order valence-electron chi connectivity index (χ1n) is 12.3. The second-order valence-electron chi connectivity index (χ2n) is 11.0. The van der Waals surface area contributed by atoms with Crippen LogP contribution in [0.2, 0.25) is 18.1 Å². The van der Waals surface area contributed by atoms with Crippen LogP contribution in [0.3, 0.4) is 0 Å². The predicted octanol–water partition coefficient (Wildman–Crippen LogP) is 7.80. The summed E-state index contributed by atoms with van der Waals surface area (Å²) in [6, 6.07) is 7.46. The summed E-state index contributed by atoms with van der Waals surface area (Å²) >= 11 is 1.73. The first-order chi connectivity index (χ1) is 16.8. The van der Waals surface area contributed by atoms with E-state index in [-0.39, 0.29) is 29.0 Å². The van der Waals surface area contributed by atoms with E-state index in [9.17, 15) is 8.78 Å². The van der Waals surface area contributed by atoms with Gasteiger partial charge in [-0.3, -0.25) is 5.32 Å². The highest BCUT2D eigenvalue weighted by atomic mass is 32.2. The number of nitrogens with one attached hydrogen (secondary N) is 1. The number of hydrogen-bond donors (Lipinski definition) is 1. The Morgan fingerprint density at radius 1 is 0.972 bits per heavy atom. The molecule has 2 aromatic rings. The lowest BCUT2D eigenvalue weighted by Crippen LogP contribution is -2.50. The van der Waals surface area contributed by atoms with E-state index in [1.807, 2.05) is 0 Å². The average Bonchev–Trinajstić information content (AvgIpc) is 3.61. The molecule has 200 valence electrons. The zero-order valence-electron chi connectivity index (χ0n) is 21.6. The topological polar surface area (TPSA) is 30.5 Å². The number of alkyl halides is 2. The van der Waals surface area contributed by atoms with Gasteiger partial charge in [-0.05, 0) is 84.6 Å². The summed E-state index contributed by atoms with van der Waals surface area (Å²) in [5.74, 6) is 1.06. The van der Waals surface area contributed by atoms with Gasteiger partial charge < -0.3 is 9.16 Å². The van der Waals surface area contributed by atoms with E-state index in [0.717, 1.165) is 42.2 Å². The molecule has 1 aliphatic rings. The molecule has 0 bridgehead atoms. The highest BCUT2D eigenvalue weighted by Gasteiger charge is 2.45. The molecule has 1 fully saturated rings. The van der Waals surface area contributed by atoms with Crippen molar-refractivity contribution in [2.45, 2.75) is 69.9 Å². The van der Waals surface area contributed by atoms with Crippen LogP contribution in [0.5, 0.6) is 5.75 Å². The third kappa shape index (κ3) is 8.50. The number of hydrogen-bond acceptors (Lipinski definition) is 4. The van der Waals surface area contributed by atoms with E-state index < -0.39 is 32.1 Å². The zero-order valence-corrected chi connectivity index (χ0v) is 23.4. The van der Waals surface area contributed by atoms with Crippen LogP contribution in [0.4, 0.5) is 17.6 Å². The Morgan fingerprint density at radius 2 is 1.53 bits per heavy atom. The van der Waals surface area contributed by atoms with Crippen LogP contribution in [0, 0.1) is 17.6 Å². The second-order valence-corrected chi connectivity index (χ2v) is 16.9. The van der Waals surface area contributed by atoms with Crippen molar-refractivity contribution >= 4 is 20.1 Å². The second kappa shape index (κ2) is 11.9. The number of thioether (sulfide) groups is 1. The quantitative estimate of drug-likeness (QED) is 0.206. The van der Waals surface area contributed by atoms with Crippen LogP contribution in [0.1, 0.15) is 45.2 Å². The Balaban J connectivity index is 1.83. The third-order valence-electron chi connectivity index (χ3n) is 6.83. The van der Waals surface area contributed by atoms with Crippen molar-refractivity contribution < 1.29 is 26.7 Å². The Bertz CT molecular complexity index is 963. The van der Waals surface area contributed by atoms with Gasteiger partial charge in [0.25, 0.3) is 0 Å². The molecule has 9 heteroatoms. The maximum Gasteiger partial charge on any atom is 0.417 e. The monoisotopic (exact) mass is 543 g/mol. The maximum absolute atomic E-state index is 15.6. The lowest BCUT2D eigenvalue weighted by molar-refractivity contribution is -0.202. The first-order valence-corrected chi connectivity index (χ1v) is 16.4. The standard InChI is InChI=1S/C27H37F4NO2SSi/c1-26(2,3)36(4,5)33-16-23(18-35-17-19-6-7-19)32-25(20-8-10-21(28)11-9-20)27(30,31)34-24-14-12-22(29)13-15-24/h8-15,19,23,25,32H,6-7,16-18H2,1-5H3. The molecule has 1 N–H and O–H groups in total. The molecule has 1 saturated carbocycles. The van der Waals surface area contributed by atoms with Crippen LogP contribution in [0.25, 0.3) is 0 Å². The van der Waals surface area contributed by atoms with Crippen molar-refractivity contribution in [3.63, 3.8) is 0 Å². The number of halogens is 4. The van der Waals surface area contributed by atoms with Crippen LogP contribution in [0.15, 0.2) is 48.5 Å². The van der Waals surface area contributed by atoms with Gasteiger partial charge in [0, 0.05) is 11.8 Å². The fraction of sp³-hybridized carbons (Fsp3) is 0.556. The van der Waals surface area contributed by atoms with Crippen molar-refractivity contribution in [3.05, 3.63) is 65.7 Å². The maximum atomic E-state index is 15.6. The van der Waals surface area contributed by atoms with E-state index in [1.54, 1.807) is 11.8 Å².